The van der Waals surface area contributed by atoms with Gasteiger partial charge in [-0.2, -0.15) is 0 Å². The Morgan fingerprint density at radius 2 is 1.97 bits per heavy atom. The molecule has 1 unspecified atom stereocenters. The Kier molecular flexibility index (Phi) is 6.50. The SMILES string of the molecule is CCC(Nc1c(Nc2cccc(C(=O)N(C)C)c2O)c(=O)n(C)[nH]c1=O)c1cccs1. The first-order valence-electron chi connectivity index (χ1n) is 9.68. The largest absolute Gasteiger partial charge is 0.505 e. The van der Waals surface area contributed by atoms with Gasteiger partial charge >= 0.3 is 0 Å². The number of aryl methyl sites for hydroxylation is 1. The van der Waals surface area contributed by atoms with E-state index in [0.29, 0.717) is 6.42 Å². The number of aromatic hydroxyl groups is 1. The molecule has 1 aromatic carbocycles. The Bertz CT molecular complexity index is 1200. The molecule has 0 aliphatic heterocycles. The van der Waals surface area contributed by atoms with E-state index in [1.54, 1.807) is 31.5 Å². The summed E-state index contributed by atoms with van der Waals surface area (Å²) >= 11 is 1.55. The van der Waals surface area contributed by atoms with Gasteiger partial charge in [-0.3, -0.25) is 24.2 Å². The number of phenolic OH excluding ortho intramolecular Hbond substituents is 1. The van der Waals surface area contributed by atoms with Crippen molar-refractivity contribution in [1.29, 1.82) is 0 Å². The molecule has 3 aromatic rings. The van der Waals surface area contributed by atoms with Crippen LogP contribution in [-0.2, 0) is 7.05 Å². The smallest absolute Gasteiger partial charge is 0.290 e. The van der Waals surface area contributed by atoms with Crippen molar-refractivity contribution in [3.05, 3.63) is 66.9 Å². The van der Waals surface area contributed by atoms with Crippen LogP contribution in [0.3, 0.4) is 0 Å². The predicted octanol–water partition coefficient (Wildman–Crippen LogP) is 2.85. The third kappa shape index (κ3) is 4.48. The number of H-pyrrole nitrogens is 1. The highest BCUT2D eigenvalue weighted by molar-refractivity contribution is 7.10. The summed E-state index contributed by atoms with van der Waals surface area (Å²) in [7, 11) is 4.58. The van der Waals surface area contributed by atoms with Crippen molar-refractivity contribution < 1.29 is 9.90 Å². The third-order valence-electron chi connectivity index (χ3n) is 4.81. The number of hydrogen-bond donors (Lipinski definition) is 4. The van der Waals surface area contributed by atoms with E-state index in [0.717, 1.165) is 9.56 Å². The lowest BCUT2D eigenvalue weighted by Crippen LogP contribution is -2.32. The summed E-state index contributed by atoms with van der Waals surface area (Å²) in [5, 5.41) is 21.1. The number of nitrogens with one attached hydrogen (secondary N) is 3. The molecule has 4 N–H and O–H groups in total. The maximum atomic E-state index is 12.9. The van der Waals surface area contributed by atoms with Gasteiger partial charge in [-0.15, -0.1) is 11.3 Å². The number of carbonyl (C=O) groups is 1. The number of carbonyl (C=O) groups excluding carboxylic acids is 1. The molecule has 0 saturated carbocycles. The fourth-order valence-corrected chi connectivity index (χ4v) is 3.99. The first kappa shape index (κ1) is 22.2. The van der Waals surface area contributed by atoms with E-state index >= 15 is 0 Å². The zero-order chi connectivity index (χ0) is 22.7. The van der Waals surface area contributed by atoms with Gasteiger partial charge in [0.2, 0.25) is 0 Å². The number of phenols is 1. The Balaban J connectivity index is 2.08. The van der Waals surface area contributed by atoms with Crippen molar-refractivity contribution in [3.63, 3.8) is 0 Å². The highest BCUT2D eigenvalue weighted by atomic mass is 32.1. The standard InChI is InChI=1S/C21H25N5O4S/c1-5-13(15-10-7-11-31-15)22-16-17(21(30)26(4)24-19(16)28)23-14-9-6-8-12(18(14)27)20(29)25(2)3/h6-11,13,22-23,27H,5H2,1-4H3,(H,24,28). The van der Waals surface area contributed by atoms with E-state index in [1.165, 1.54) is 24.1 Å². The number of para-hydroxylation sites is 1. The molecule has 1 amide bonds. The topological polar surface area (TPSA) is 119 Å². The van der Waals surface area contributed by atoms with Crippen LogP contribution in [0.15, 0.2) is 45.3 Å². The summed E-state index contributed by atoms with van der Waals surface area (Å²) < 4.78 is 1.06. The number of hydrogen-bond acceptors (Lipinski definition) is 7. The molecule has 0 aliphatic carbocycles. The molecule has 0 aliphatic rings. The predicted molar refractivity (Wildman–Crippen MR) is 123 cm³/mol. The first-order chi connectivity index (χ1) is 14.7. The van der Waals surface area contributed by atoms with Crippen LogP contribution in [0.1, 0.15) is 34.6 Å². The average Bonchev–Trinajstić information content (AvgIpc) is 3.27. The summed E-state index contributed by atoms with van der Waals surface area (Å²) in [4.78, 5) is 40.3. The molecule has 164 valence electrons. The molecule has 0 spiro atoms. The minimum Gasteiger partial charge on any atom is -0.505 e. The zero-order valence-corrected chi connectivity index (χ0v) is 18.5. The van der Waals surface area contributed by atoms with Gasteiger partial charge < -0.3 is 20.6 Å². The minimum atomic E-state index is -0.494. The molecule has 0 radical (unpaired) electrons. The van der Waals surface area contributed by atoms with Gasteiger partial charge in [0.25, 0.3) is 17.0 Å². The lowest BCUT2D eigenvalue weighted by Gasteiger charge is -2.20. The van der Waals surface area contributed by atoms with Crippen molar-refractivity contribution in [2.24, 2.45) is 7.05 Å². The minimum absolute atomic E-state index is 0.0222. The molecular weight excluding hydrogens is 418 g/mol. The fraction of sp³-hybridized carbons (Fsp3) is 0.286. The van der Waals surface area contributed by atoms with Crippen molar-refractivity contribution in [2.45, 2.75) is 19.4 Å². The number of benzene rings is 1. The molecule has 1 atom stereocenters. The third-order valence-corrected chi connectivity index (χ3v) is 5.80. The number of nitrogens with zero attached hydrogens (tertiary/aromatic N) is 2. The van der Waals surface area contributed by atoms with Gasteiger partial charge in [-0.1, -0.05) is 19.1 Å². The van der Waals surface area contributed by atoms with E-state index in [1.807, 2.05) is 24.4 Å². The Hall–Kier alpha value is -3.53. The van der Waals surface area contributed by atoms with Crippen LogP contribution in [0.25, 0.3) is 0 Å². The van der Waals surface area contributed by atoms with Gasteiger partial charge in [0.05, 0.1) is 17.3 Å². The molecule has 2 aromatic heterocycles. The summed E-state index contributed by atoms with van der Waals surface area (Å²) in [6.45, 7) is 1.97. The Morgan fingerprint density at radius 1 is 1.23 bits per heavy atom. The van der Waals surface area contributed by atoms with Crippen LogP contribution in [0.2, 0.25) is 0 Å². The van der Waals surface area contributed by atoms with E-state index in [-0.39, 0.29) is 40.3 Å². The van der Waals surface area contributed by atoms with Crippen LogP contribution >= 0.6 is 11.3 Å². The quantitative estimate of drug-likeness (QED) is 0.417. The second-order valence-electron chi connectivity index (χ2n) is 7.20. The molecule has 3 rings (SSSR count). The molecule has 10 heteroatoms. The van der Waals surface area contributed by atoms with Gasteiger partial charge in [0, 0.05) is 26.0 Å². The van der Waals surface area contributed by atoms with Crippen LogP contribution in [0, 0.1) is 0 Å². The second kappa shape index (κ2) is 9.09. The summed E-state index contributed by atoms with van der Waals surface area (Å²) in [5.74, 6) is -0.693. The maximum Gasteiger partial charge on any atom is 0.290 e. The Labute approximate surface area is 182 Å². The number of anilines is 3. The average molecular weight is 444 g/mol. The number of rotatable bonds is 7. The van der Waals surface area contributed by atoms with Crippen molar-refractivity contribution >= 4 is 34.3 Å². The van der Waals surface area contributed by atoms with Gasteiger partial charge in [-0.25, -0.2) is 0 Å². The highest BCUT2D eigenvalue weighted by Gasteiger charge is 2.21. The zero-order valence-electron chi connectivity index (χ0n) is 17.7. The number of thiophene rings is 1. The lowest BCUT2D eigenvalue weighted by atomic mass is 10.1. The highest BCUT2D eigenvalue weighted by Crippen LogP contribution is 2.33. The molecule has 31 heavy (non-hydrogen) atoms. The van der Waals surface area contributed by atoms with Crippen LogP contribution in [0.5, 0.6) is 5.75 Å². The first-order valence-corrected chi connectivity index (χ1v) is 10.6. The van der Waals surface area contributed by atoms with E-state index in [2.05, 4.69) is 15.7 Å². The van der Waals surface area contributed by atoms with Crippen LogP contribution < -0.4 is 21.8 Å². The summed E-state index contributed by atoms with van der Waals surface area (Å²) in [5.41, 5.74) is -0.719. The fourth-order valence-electron chi connectivity index (χ4n) is 3.13. The number of amides is 1. The summed E-state index contributed by atoms with van der Waals surface area (Å²) in [6, 6.07) is 8.30. The van der Waals surface area contributed by atoms with E-state index in [9.17, 15) is 19.5 Å². The van der Waals surface area contributed by atoms with E-state index in [4.69, 9.17) is 0 Å². The van der Waals surface area contributed by atoms with Crippen molar-refractivity contribution in [1.82, 2.24) is 14.7 Å². The van der Waals surface area contributed by atoms with Crippen molar-refractivity contribution in [3.8, 4) is 5.75 Å². The molecule has 0 bridgehead atoms. The molecule has 2 heterocycles. The van der Waals surface area contributed by atoms with Gasteiger partial charge in [-0.05, 0) is 30.0 Å². The molecule has 0 saturated heterocycles. The monoisotopic (exact) mass is 443 g/mol. The number of aromatic nitrogens is 2. The van der Waals surface area contributed by atoms with E-state index < -0.39 is 11.1 Å². The van der Waals surface area contributed by atoms with Gasteiger partial charge in [0.15, 0.2) is 5.75 Å². The summed E-state index contributed by atoms with van der Waals surface area (Å²) in [6.07, 6.45) is 0.687. The molecule has 9 nitrogen and oxygen atoms in total. The molecule has 0 fully saturated rings. The molecular formula is C21H25N5O4S. The van der Waals surface area contributed by atoms with Crippen LogP contribution in [0.4, 0.5) is 17.1 Å². The lowest BCUT2D eigenvalue weighted by molar-refractivity contribution is 0.0824. The second-order valence-corrected chi connectivity index (χ2v) is 8.18. The Morgan fingerprint density at radius 3 is 2.58 bits per heavy atom. The van der Waals surface area contributed by atoms with Gasteiger partial charge in [0.1, 0.15) is 11.4 Å². The van der Waals surface area contributed by atoms with Crippen LogP contribution in [-0.4, -0.2) is 39.8 Å². The maximum absolute atomic E-state index is 12.9. The van der Waals surface area contributed by atoms with Crippen molar-refractivity contribution in [2.75, 3.05) is 24.7 Å². The normalized spacial score (nSPS) is 11.7. The number of aromatic amines is 1.